The number of nitrogens with zero attached hydrogens (tertiary/aromatic N) is 2. The van der Waals surface area contributed by atoms with Gasteiger partial charge in [0.25, 0.3) is 0 Å². The van der Waals surface area contributed by atoms with Crippen molar-refractivity contribution < 1.29 is 19.1 Å². The van der Waals surface area contributed by atoms with E-state index >= 15 is 0 Å². The van der Waals surface area contributed by atoms with Gasteiger partial charge in [0.15, 0.2) is 0 Å². The van der Waals surface area contributed by atoms with Crippen LogP contribution in [-0.4, -0.2) is 35.4 Å². The number of amides is 2. The number of ether oxygens (including phenoxy) is 2. The molecule has 0 radical (unpaired) electrons. The van der Waals surface area contributed by atoms with Crippen LogP contribution < -0.4 is 0 Å². The number of carbonyl (C=O) groups is 2. The van der Waals surface area contributed by atoms with Crippen LogP contribution in [0.1, 0.15) is 25.0 Å². The Bertz CT molecular complexity index is 731. The lowest BCUT2D eigenvalue weighted by molar-refractivity contribution is -0.0366. The van der Waals surface area contributed by atoms with E-state index in [0.29, 0.717) is 0 Å². The van der Waals surface area contributed by atoms with Crippen LogP contribution >= 0.6 is 0 Å². The fraction of sp³-hybridized carbons (Fsp3) is 0.333. The van der Waals surface area contributed by atoms with Gasteiger partial charge >= 0.3 is 12.2 Å². The van der Waals surface area contributed by atoms with Gasteiger partial charge in [0.1, 0.15) is 0 Å². The first-order chi connectivity index (χ1) is 11.7. The minimum Gasteiger partial charge on any atom is -0.448 e. The van der Waals surface area contributed by atoms with E-state index in [-0.39, 0.29) is 26.3 Å². The third kappa shape index (κ3) is 2.87. The van der Waals surface area contributed by atoms with Gasteiger partial charge in [0.2, 0.25) is 0 Å². The maximum Gasteiger partial charge on any atom is 0.429 e. The fourth-order valence-corrected chi connectivity index (χ4v) is 2.94. The molecule has 3 aliphatic rings. The molecule has 6 heteroatoms. The maximum atomic E-state index is 12.3. The maximum absolute atomic E-state index is 12.3. The Morgan fingerprint density at radius 3 is 2.25 bits per heavy atom. The zero-order valence-electron chi connectivity index (χ0n) is 13.8. The lowest BCUT2D eigenvalue weighted by Gasteiger charge is -2.36. The molecule has 24 heavy (non-hydrogen) atoms. The van der Waals surface area contributed by atoms with E-state index < -0.39 is 12.2 Å². The molecule has 0 fully saturated rings. The van der Waals surface area contributed by atoms with Crippen molar-refractivity contribution in [3.8, 4) is 11.1 Å². The van der Waals surface area contributed by atoms with E-state index in [4.69, 9.17) is 9.47 Å². The molecule has 0 saturated heterocycles. The van der Waals surface area contributed by atoms with Crippen molar-refractivity contribution in [1.82, 2.24) is 10.0 Å². The topological polar surface area (TPSA) is 59.1 Å². The molecule has 1 aliphatic heterocycles. The van der Waals surface area contributed by atoms with E-state index in [1.54, 1.807) is 13.8 Å². The van der Waals surface area contributed by atoms with Crippen LogP contribution in [0.25, 0.3) is 11.1 Å². The van der Waals surface area contributed by atoms with E-state index in [0.717, 1.165) is 22.3 Å². The molecule has 6 nitrogen and oxygen atoms in total. The first-order valence-corrected chi connectivity index (χ1v) is 8.03. The summed E-state index contributed by atoms with van der Waals surface area (Å²) in [6, 6.07) is 12.0. The van der Waals surface area contributed by atoms with Gasteiger partial charge in [-0.1, -0.05) is 30.3 Å². The average Bonchev–Trinajstić information content (AvgIpc) is 2.74. The molecule has 0 spiro atoms. The number of hydrogen-bond acceptors (Lipinski definition) is 4. The summed E-state index contributed by atoms with van der Waals surface area (Å²) >= 11 is 0. The highest BCUT2D eigenvalue weighted by molar-refractivity contribution is 5.79. The highest BCUT2D eigenvalue weighted by atomic mass is 16.6. The average molecular weight is 328 g/mol. The molecule has 0 aromatic heterocycles. The van der Waals surface area contributed by atoms with Crippen molar-refractivity contribution in [2.45, 2.75) is 26.9 Å². The summed E-state index contributed by atoms with van der Waals surface area (Å²) in [5, 5.41) is 2.62. The Hall–Kier alpha value is -2.76. The summed E-state index contributed by atoms with van der Waals surface area (Å²) in [6.07, 6.45) is -1.10. The molecule has 1 heterocycles. The van der Waals surface area contributed by atoms with Gasteiger partial charge in [-0.05, 0) is 42.2 Å². The normalized spacial score (nSPS) is 13.6. The number of rotatable bonds is 2. The minimum atomic E-state index is -0.550. The highest BCUT2D eigenvalue weighted by Crippen LogP contribution is 2.36. The lowest BCUT2D eigenvalue weighted by atomic mass is 10.1. The predicted octanol–water partition coefficient (Wildman–Crippen LogP) is 3.64. The van der Waals surface area contributed by atoms with Crippen LogP contribution in [0.5, 0.6) is 0 Å². The van der Waals surface area contributed by atoms with E-state index in [1.165, 1.54) is 10.0 Å². The van der Waals surface area contributed by atoms with Crippen molar-refractivity contribution in [2.24, 2.45) is 0 Å². The molecule has 126 valence electrons. The minimum absolute atomic E-state index is 0.246. The first kappa shape index (κ1) is 16.1. The summed E-state index contributed by atoms with van der Waals surface area (Å²) in [6.45, 7) is 4.53. The standard InChI is InChI=1S/C18H20N2O4/c1-3-23-17(21)19-11-14-10-13-8-6-5-7-9-15(13)16(14)12-20(19)18(22)24-4-2/h5-10H,3-4,11-12H2,1-2H3. The third-order valence-corrected chi connectivity index (χ3v) is 3.99. The van der Waals surface area contributed by atoms with Crippen molar-refractivity contribution in [1.29, 1.82) is 0 Å². The quantitative estimate of drug-likeness (QED) is 0.844. The molecular weight excluding hydrogens is 308 g/mol. The second-order valence-electron chi connectivity index (χ2n) is 5.44. The molecule has 0 aromatic carbocycles. The molecule has 0 unspecified atom stereocenters. The van der Waals surface area contributed by atoms with Crippen LogP contribution in [0, 0.1) is 0 Å². The van der Waals surface area contributed by atoms with Gasteiger partial charge in [-0.2, -0.15) is 0 Å². The van der Waals surface area contributed by atoms with Gasteiger partial charge in [0.05, 0.1) is 26.3 Å². The number of carbonyl (C=O) groups excluding carboxylic acids is 2. The van der Waals surface area contributed by atoms with Crippen LogP contribution in [-0.2, 0) is 22.6 Å². The zero-order chi connectivity index (χ0) is 17.1. The molecule has 0 aromatic rings. The van der Waals surface area contributed by atoms with Crippen LogP contribution in [0.3, 0.4) is 0 Å². The molecule has 0 atom stereocenters. The Labute approximate surface area is 140 Å². The Morgan fingerprint density at radius 2 is 1.58 bits per heavy atom. The highest BCUT2D eigenvalue weighted by Gasteiger charge is 2.35. The molecule has 0 saturated carbocycles. The SMILES string of the molecule is CCOC(=O)N1Cc2cc3cccccc-3c2CN1C(=O)OCC. The predicted molar refractivity (Wildman–Crippen MR) is 88.2 cm³/mol. The van der Waals surface area contributed by atoms with Crippen molar-refractivity contribution in [2.75, 3.05) is 13.2 Å². The van der Waals surface area contributed by atoms with Gasteiger partial charge in [0, 0.05) is 0 Å². The molecule has 0 bridgehead atoms. The van der Waals surface area contributed by atoms with Crippen LogP contribution in [0.4, 0.5) is 9.59 Å². The largest absolute Gasteiger partial charge is 0.448 e. The fourth-order valence-electron chi connectivity index (χ4n) is 2.94. The smallest absolute Gasteiger partial charge is 0.429 e. The van der Waals surface area contributed by atoms with Gasteiger partial charge < -0.3 is 9.47 Å². The Balaban J connectivity index is 2.00. The van der Waals surface area contributed by atoms with Gasteiger partial charge in [-0.3, -0.25) is 0 Å². The third-order valence-electron chi connectivity index (χ3n) is 3.99. The van der Waals surface area contributed by atoms with Gasteiger partial charge in [-0.15, -0.1) is 0 Å². The van der Waals surface area contributed by atoms with E-state index in [1.807, 2.05) is 30.3 Å². The van der Waals surface area contributed by atoms with Crippen molar-refractivity contribution in [3.05, 3.63) is 47.5 Å². The van der Waals surface area contributed by atoms with Gasteiger partial charge in [-0.25, -0.2) is 19.6 Å². The Morgan fingerprint density at radius 1 is 0.958 bits per heavy atom. The number of hydrogen-bond donors (Lipinski definition) is 0. The lowest BCUT2D eigenvalue weighted by Crippen LogP contribution is -2.51. The Kier molecular flexibility index (Phi) is 4.55. The van der Waals surface area contributed by atoms with Crippen LogP contribution in [0.15, 0.2) is 36.4 Å². The number of fused-ring (bicyclic) bond motifs is 3. The molecule has 0 N–H and O–H groups in total. The van der Waals surface area contributed by atoms with Crippen LogP contribution in [0.2, 0.25) is 0 Å². The molecule has 3 rings (SSSR count). The summed E-state index contributed by atoms with van der Waals surface area (Å²) in [5.41, 5.74) is 4.21. The summed E-state index contributed by atoms with van der Waals surface area (Å²) in [5.74, 6) is 0. The molecule has 2 amide bonds. The summed E-state index contributed by atoms with van der Waals surface area (Å²) in [4.78, 5) is 24.5. The monoisotopic (exact) mass is 328 g/mol. The van der Waals surface area contributed by atoms with E-state index in [9.17, 15) is 9.59 Å². The van der Waals surface area contributed by atoms with Crippen molar-refractivity contribution >= 4 is 12.2 Å². The van der Waals surface area contributed by atoms with Crippen molar-refractivity contribution in [3.63, 3.8) is 0 Å². The second-order valence-corrected chi connectivity index (χ2v) is 5.44. The number of hydrazine groups is 1. The first-order valence-electron chi connectivity index (χ1n) is 8.03. The summed E-state index contributed by atoms with van der Waals surface area (Å²) < 4.78 is 10.2. The summed E-state index contributed by atoms with van der Waals surface area (Å²) in [7, 11) is 0. The molecule has 2 aliphatic carbocycles. The zero-order valence-corrected chi connectivity index (χ0v) is 13.8. The molecular formula is C18H20N2O4. The van der Waals surface area contributed by atoms with E-state index in [2.05, 4.69) is 6.07 Å². The second kappa shape index (κ2) is 6.78.